The first-order valence-electron chi connectivity index (χ1n) is 3.80. The second-order valence-corrected chi connectivity index (χ2v) is 2.79. The van der Waals surface area contributed by atoms with Gasteiger partial charge >= 0.3 is 0 Å². The van der Waals surface area contributed by atoms with Crippen molar-refractivity contribution < 1.29 is 4.79 Å². The number of amides is 1. The fourth-order valence-corrected chi connectivity index (χ4v) is 1.29. The van der Waals surface area contributed by atoms with Crippen LogP contribution in [0, 0.1) is 0 Å². The molecule has 1 atom stereocenters. The third kappa shape index (κ3) is 1.37. The smallest absolute Gasteiger partial charge is 0.220 e. The minimum Gasteiger partial charge on any atom is -0.390 e. The minimum atomic E-state index is 0.137. The Morgan fingerprint density at radius 1 is 1.73 bits per heavy atom. The Morgan fingerprint density at radius 2 is 2.36 bits per heavy atom. The lowest BCUT2D eigenvalue weighted by molar-refractivity contribution is -0.135. The third-order valence-corrected chi connectivity index (χ3v) is 2.15. The van der Waals surface area contributed by atoms with Crippen LogP contribution >= 0.6 is 0 Å². The highest BCUT2D eigenvalue weighted by atomic mass is 16.2. The number of carbonyl (C=O) groups excluding carboxylic acids is 1. The predicted octanol–water partition coefficient (Wildman–Crippen LogP) is 0.340. The number of likely N-dealkylation sites (tertiary alicyclic amines) is 1. The fraction of sp³-hybridized carbons (Fsp3) is 0.625. The molecule has 11 heavy (non-hydrogen) atoms. The predicted molar refractivity (Wildman–Crippen MR) is 44.0 cm³/mol. The number of hydrogen-bond acceptors (Lipinski definition) is 2. The van der Waals surface area contributed by atoms with Gasteiger partial charge in [-0.1, -0.05) is 6.58 Å². The maximum Gasteiger partial charge on any atom is 0.220 e. The molecule has 1 amide bonds. The largest absolute Gasteiger partial charge is 0.390 e. The van der Waals surface area contributed by atoms with Crippen LogP contribution in [0.4, 0.5) is 0 Å². The van der Waals surface area contributed by atoms with Crippen LogP contribution in [0.2, 0.25) is 0 Å². The zero-order valence-electron chi connectivity index (χ0n) is 7.05. The summed E-state index contributed by atoms with van der Waals surface area (Å²) in [5.74, 6) is 0.137. The molecule has 1 fully saturated rings. The second kappa shape index (κ2) is 2.95. The molecule has 1 aliphatic heterocycles. The molecule has 3 heteroatoms. The topological polar surface area (TPSA) is 32.3 Å². The van der Waals surface area contributed by atoms with Gasteiger partial charge in [0, 0.05) is 26.2 Å². The van der Waals surface area contributed by atoms with E-state index in [-0.39, 0.29) is 11.9 Å². The van der Waals surface area contributed by atoms with Gasteiger partial charge in [0.15, 0.2) is 0 Å². The molecule has 0 bridgehead atoms. The molecule has 1 heterocycles. The van der Waals surface area contributed by atoms with Gasteiger partial charge < -0.3 is 10.2 Å². The summed E-state index contributed by atoms with van der Waals surface area (Å²) >= 11 is 0. The number of nitrogens with zero attached hydrogens (tertiary/aromatic N) is 1. The van der Waals surface area contributed by atoms with Gasteiger partial charge in [0.2, 0.25) is 5.91 Å². The fourth-order valence-electron chi connectivity index (χ4n) is 1.29. The van der Waals surface area contributed by atoms with Gasteiger partial charge in [-0.25, -0.2) is 0 Å². The molecule has 0 aliphatic carbocycles. The summed E-state index contributed by atoms with van der Waals surface area (Å²) in [5, 5.41) is 2.96. The van der Waals surface area contributed by atoms with Crippen LogP contribution in [0.3, 0.4) is 0 Å². The second-order valence-electron chi connectivity index (χ2n) is 2.79. The third-order valence-electron chi connectivity index (χ3n) is 2.15. The SMILES string of the molecule is C=C(NC)C1CCN1C(C)=O. The Balaban J connectivity index is 2.49. The molecular formula is C8H14N2O. The van der Waals surface area contributed by atoms with E-state index >= 15 is 0 Å². The molecule has 1 rings (SSSR count). The zero-order chi connectivity index (χ0) is 8.43. The van der Waals surface area contributed by atoms with E-state index in [1.807, 2.05) is 11.9 Å². The van der Waals surface area contributed by atoms with Crippen LogP contribution in [-0.4, -0.2) is 30.4 Å². The van der Waals surface area contributed by atoms with Gasteiger partial charge in [0.25, 0.3) is 0 Å². The highest BCUT2D eigenvalue weighted by Crippen LogP contribution is 2.21. The monoisotopic (exact) mass is 154 g/mol. The van der Waals surface area contributed by atoms with Crippen molar-refractivity contribution in [3.63, 3.8) is 0 Å². The molecule has 1 unspecified atom stereocenters. The Hall–Kier alpha value is -0.990. The van der Waals surface area contributed by atoms with E-state index in [1.54, 1.807) is 6.92 Å². The van der Waals surface area contributed by atoms with E-state index in [4.69, 9.17) is 0 Å². The van der Waals surface area contributed by atoms with Crippen LogP contribution in [0.25, 0.3) is 0 Å². The van der Waals surface area contributed by atoms with Crippen LogP contribution in [-0.2, 0) is 4.79 Å². The van der Waals surface area contributed by atoms with Crippen molar-refractivity contribution in [2.45, 2.75) is 19.4 Å². The minimum absolute atomic E-state index is 0.137. The Kier molecular flexibility index (Phi) is 2.17. The number of hydrogen-bond donors (Lipinski definition) is 1. The molecule has 0 spiro atoms. The molecular weight excluding hydrogens is 140 g/mol. The first kappa shape index (κ1) is 8.11. The summed E-state index contributed by atoms with van der Waals surface area (Å²) in [5.41, 5.74) is 0.937. The Bertz CT molecular complexity index is 189. The van der Waals surface area contributed by atoms with Crippen molar-refractivity contribution in [1.82, 2.24) is 10.2 Å². The molecule has 0 aromatic rings. The Labute approximate surface area is 67.1 Å². The summed E-state index contributed by atoms with van der Waals surface area (Å²) in [6.07, 6.45) is 1.04. The van der Waals surface area contributed by atoms with Crippen molar-refractivity contribution in [3.05, 3.63) is 12.3 Å². The maximum atomic E-state index is 10.9. The highest BCUT2D eigenvalue weighted by Gasteiger charge is 2.31. The van der Waals surface area contributed by atoms with Crippen molar-refractivity contribution in [1.29, 1.82) is 0 Å². The molecule has 3 nitrogen and oxygen atoms in total. The number of carbonyl (C=O) groups is 1. The van der Waals surface area contributed by atoms with E-state index < -0.39 is 0 Å². The molecule has 62 valence electrons. The lowest BCUT2D eigenvalue weighted by atomic mass is 10.0. The van der Waals surface area contributed by atoms with Gasteiger partial charge in [-0.2, -0.15) is 0 Å². The molecule has 1 saturated heterocycles. The summed E-state index contributed by atoms with van der Waals surface area (Å²) in [4.78, 5) is 12.7. The van der Waals surface area contributed by atoms with E-state index in [9.17, 15) is 4.79 Å². The van der Waals surface area contributed by atoms with Gasteiger partial charge in [0.1, 0.15) is 0 Å². The molecule has 0 radical (unpaired) electrons. The molecule has 1 aliphatic rings. The lowest BCUT2D eigenvalue weighted by Crippen LogP contribution is -2.52. The maximum absolute atomic E-state index is 10.9. The number of rotatable bonds is 2. The molecule has 0 aromatic carbocycles. The van der Waals surface area contributed by atoms with E-state index in [2.05, 4.69) is 11.9 Å². The summed E-state index contributed by atoms with van der Waals surface area (Å²) in [6, 6.07) is 0.234. The van der Waals surface area contributed by atoms with Crippen LogP contribution in [0.1, 0.15) is 13.3 Å². The van der Waals surface area contributed by atoms with E-state index in [1.165, 1.54) is 0 Å². The standard InChI is InChI=1S/C8H14N2O/c1-6(9-3)8-4-5-10(8)7(2)11/h8-9H,1,4-5H2,2-3H3. The average molecular weight is 154 g/mol. The van der Waals surface area contributed by atoms with Crippen molar-refractivity contribution in [3.8, 4) is 0 Å². The Morgan fingerprint density at radius 3 is 2.64 bits per heavy atom. The average Bonchev–Trinajstić information content (AvgIpc) is 1.83. The van der Waals surface area contributed by atoms with Crippen molar-refractivity contribution >= 4 is 5.91 Å². The summed E-state index contributed by atoms with van der Waals surface area (Å²) in [7, 11) is 1.83. The number of nitrogens with one attached hydrogen (secondary N) is 1. The van der Waals surface area contributed by atoms with Gasteiger partial charge in [-0.3, -0.25) is 4.79 Å². The molecule has 0 saturated carbocycles. The van der Waals surface area contributed by atoms with Crippen LogP contribution in [0.15, 0.2) is 12.3 Å². The first-order valence-corrected chi connectivity index (χ1v) is 3.80. The summed E-state index contributed by atoms with van der Waals surface area (Å²) < 4.78 is 0. The first-order chi connectivity index (χ1) is 5.16. The normalized spacial score (nSPS) is 22.4. The highest BCUT2D eigenvalue weighted by molar-refractivity contribution is 5.75. The van der Waals surface area contributed by atoms with Crippen LogP contribution < -0.4 is 5.32 Å². The molecule has 1 N–H and O–H groups in total. The van der Waals surface area contributed by atoms with Crippen molar-refractivity contribution in [2.75, 3.05) is 13.6 Å². The van der Waals surface area contributed by atoms with E-state index in [0.717, 1.165) is 18.7 Å². The lowest BCUT2D eigenvalue weighted by Gasteiger charge is -2.41. The summed E-state index contributed by atoms with van der Waals surface area (Å²) in [6.45, 7) is 6.29. The van der Waals surface area contributed by atoms with Crippen molar-refractivity contribution in [2.24, 2.45) is 0 Å². The number of likely N-dealkylation sites (N-methyl/N-ethyl adjacent to an activating group) is 1. The van der Waals surface area contributed by atoms with E-state index in [0.29, 0.717) is 0 Å². The van der Waals surface area contributed by atoms with Crippen LogP contribution in [0.5, 0.6) is 0 Å². The van der Waals surface area contributed by atoms with Gasteiger partial charge in [-0.05, 0) is 6.42 Å². The molecule has 0 aromatic heterocycles. The van der Waals surface area contributed by atoms with Gasteiger partial charge in [-0.15, -0.1) is 0 Å². The van der Waals surface area contributed by atoms with Gasteiger partial charge in [0.05, 0.1) is 6.04 Å². The zero-order valence-corrected chi connectivity index (χ0v) is 7.05. The quantitative estimate of drug-likeness (QED) is 0.622.